The Bertz CT molecular complexity index is 351. The van der Waals surface area contributed by atoms with Crippen LogP contribution in [0.4, 0.5) is 4.39 Å². The molecule has 0 bridgehead atoms. The van der Waals surface area contributed by atoms with Gasteiger partial charge in [0.25, 0.3) is 5.91 Å². The average Bonchev–Trinajstić information content (AvgIpc) is 2.16. The highest BCUT2D eigenvalue weighted by atomic mass is 19.1. The molecule has 0 saturated heterocycles. The zero-order chi connectivity index (χ0) is 12.1. The fourth-order valence-electron chi connectivity index (χ4n) is 1.42. The molecule has 5 heteroatoms. The second kappa shape index (κ2) is 5.55. The predicted molar refractivity (Wildman–Crippen MR) is 59.4 cm³/mol. The van der Waals surface area contributed by atoms with E-state index in [2.05, 4.69) is 10.3 Å². The molecule has 4 nitrogen and oxygen atoms in total. The lowest BCUT2D eigenvalue weighted by molar-refractivity contribution is 0.0932. The zero-order valence-corrected chi connectivity index (χ0v) is 9.40. The summed E-state index contributed by atoms with van der Waals surface area (Å²) in [6.07, 6.45) is 1.71. The van der Waals surface area contributed by atoms with Gasteiger partial charge in [-0.15, -0.1) is 0 Å². The normalized spacial score (nSPS) is 14.2. The molecule has 0 aromatic carbocycles. The molecule has 0 aliphatic carbocycles. The smallest absolute Gasteiger partial charge is 0.270 e. The molecular formula is C11H16FN3O. The van der Waals surface area contributed by atoms with Gasteiger partial charge >= 0.3 is 0 Å². The number of nitrogens with one attached hydrogen (secondary N) is 1. The van der Waals surface area contributed by atoms with Crippen LogP contribution in [0.3, 0.4) is 0 Å². The third kappa shape index (κ3) is 3.94. The first-order valence-corrected chi connectivity index (χ1v) is 5.17. The number of nitrogens with zero attached hydrogens (tertiary/aromatic N) is 1. The van der Waals surface area contributed by atoms with Crippen LogP contribution in [0.2, 0.25) is 0 Å². The first-order chi connectivity index (χ1) is 7.49. The van der Waals surface area contributed by atoms with E-state index in [1.165, 1.54) is 12.1 Å². The third-order valence-corrected chi connectivity index (χ3v) is 2.06. The van der Waals surface area contributed by atoms with E-state index in [9.17, 15) is 9.18 Å². The molecule has 2 atom stereocenters. The Balaban J connectivity index is 2.55. The number of carbonyl (C=O) groups excluding carboxylic acids is 1. The molecule has 1 rings (SSSR count). The average molecular weight is 225 g/mol. The number of carbonyl (C=O) groups is 1. The Morgan fingerprint density at radius 1 is 1.56 bits per heavy atom. The summed E-state index contributed by atoms with van der Waals surface area (Å²) in [6.45, 7) is 3.74. The molecule has 0 aliphatic heterocycles. The van der Waals surface area contributed by atoms with Crippen molar-refractivity contribution in [2.24, 2.45) is 5.73 Å². The minimum atomic E-state index is -0.458. The van der Waals surface area contributed by atoms with Crippen molar-refractivity contribution in [2.75, 3.05) is 0 Å². The molecule has 0 fully saturated rings. The number of rotatable bonds is 4. The van der Waals surface area contributed by atoms with Crippen LogP contribution in [0, 0.1) is 5.82 Å². The van der Waals surface area contributed by atoms with E-state index in [1.54, 1.807) is 0 Å². The van der Waals surface area contributed by atoms with E-state index < -0.39 is 5.82 Å². The molecule has 1 amide bonds. The van der Waals surface area contributed by atoms with E-state index in [4.69, 9.17) is 5.73 Å². The van der Waals surface area contributed by atoms with Gasteiger partial charge in [-0.3, -0.25) is 4.79 Å². The van der Waals surface area contributed by atoms with E-state index in [1.807, 2.05) is 13.8 Å². The number of hydrogen-bond acceptors (Lipinski definition) is 3. The summed E-state index contributed by atoms with van der Waals surface area (Å²) in [6, 6.07) is 2.55. The highest BCUT2D eigenvalue weighted by Gasteiger charge is 2.11. The number of halogens is 1. The number of nitrogens with two attached hydrogens (primary N) is 1. The van der Waals surface area contributed by atoms with Crippen LogP contribution in [0.25, 0.3) is 0 Å². The van der Waals surface area contributed by atoms with Crippen LogP contribution >= 0.6 is 0 Å². The van der Waals surface area contributed by atoms with Gasteiger partial charge in [-0.25, -0.2) is 9.37 Å². The summed E-state index contributed by atoms with van der Waals surface area (Å²) in [7, 11) is 0. The summed E-state index contributed by atoms with van der Waals surface area (Å²) < 4.78 is 12.6. The highest BCUT2D eigenvalue weighted by molar-refractivity contribution is 5.92. The van der Waals surface area contributed by atoms with Gasteiger partial charge in [-0.05, 0) is 32.4 Å². The first-order valence-electron chi connectivity index (χ1n) is 5.17. The van der Waals surface area contributed by atoms with Gasteiger partial charge in [0.1, 0.15) is 11.5 Å². The van der Waals surface area contributed by atoms with Crippen LogP contribution in [-0.4, -0.2) is 23.0 Å². The number of amides is 1. The SMILES string of the molecule is CC(N)CC(C)NC(=O)c1ccc(F)cn1. The molecule has 0 spiro atoms. The van der Waals surface area contributed by atoms with Gasteiger partial charge in [-0.2, -0.15) is 0 Å². The minimum Gasteiger partial charge on any atom is -0.348 e. The molecule has 0 radical (unpaired) electrons. The van der Waals surface area contributed by atoms with Crippen molar-refractivity contribution in [2.45, 2.75) is 32.4 Å². The molecule has 0 aliphatic rings. The Labute approximate surface area is 94.1 Å². The lowest BCUT2D eigenvalue weighted by atomic mass is 10.1. The number of hydrogen-bond donors (Lipinski definition) is 2. The molecule has 88 valence electrons. The van der Waals surface area contributed by atoms with Crippen LogP contribution < -0.4 is 11.1 Å². The zero-order valence-electron chi connectivity index (χ0n) is 9.40. The van der Waals surface area contributed by atoms with Crippen molar-refractivity contribution in [3.8, 4) is 0 Å². The molecule has 1 heterocycles. The van der Waals surface area contributed by atoms with Crippen LogP contribution in [0.1, 0.15) is 30.8 Å². The summed E-state index contributed by atoms with van der Waals surface area (Å²) >= 11 is 0. The van der Waals surface area contributed by atoms with Crippen molar-refractivity contribution in [3.63, 3.8) is 0 Å². The summed E-state index contributed by atoms with van der Waals surface area (Å²) in [4.78, 5) is 15.3. The van der Waals surface area contributed by atoms with Gasteiger partial charge in [0.2, 0.25) is 0 Å². The molecule has 3 N–H and O–H groups in total. The van der Waals surface area contributed by atoms with Gasteiger partial charge < -0.3 is 11.1 Å². The van der Waals surface area contributed by atoms with Crippen LogP contribution in [-0.2, 0) is 0 Å². The molecular weight excluding hydrogens is 209 g/mol. The Kier molecular flexibility index (Phi) is 4.37. The quantitative estimate of drug-likeness (QED) is 0.805. The lowest BCUT2D eigenvalue weighted by Gasteiger charge is -2.15. The number of pyridine rings is 1. The van der Waals surface area contributed by atoms with E-state index in [0.717, 1.165) is 6.20 Å². The second-order valence-electron chi connectivity index (χ2n) is 3.95. The topological polar surface area (TPSA) is 68.0 Å². The molecule has 2 unspecified atom stereocenters. The van der Waals surface area contributed by atoms with Crippen molar-refractivity contribution >= 4 is 5.91 Å². The highest BCUT2D eigenvalue weighted by Crippen LogP contribution is 2.00. The summed E-state index contributed by atoms with van der Waals surface area (Å²) in [5, 5.41) is 2.74. The maximum atomic E-state index is 12.6. The third-order valence-electron chi connectivity index (χ3n) is 2.06. The van der Waals surface area contributed by atoms with Crippen molar-refractivity contribution < 1.29 is 9.18 Å². The fraction of sp³-hybridized carbons (Fsp3) is 0.455. The molecule has 1 aromatic rings. The Hall–Kier alpha value is -1.49. The van der Waals surface area contributed by atoms with Crippen molar-refractivity contribution in [1.29, 1.82) is 0 Å². The van der Waals surface area contributed by atoms with Gasteiger partial charge in [-0.1, -0.05) is 0 Å². The Morgan fingerprint density at radius 2 is 2.25 bits per heavy atom. The summed E-state index contributed by atoms with van der Waals surface area (Å²) in [5.74, 6) is -0.770. The van der Waals surface area contributed by atoms with Crippen molar-refractivity contribution in [3.05, 3.63) is 29.8 Å². The monoisotopic (exact) mass is 225 g/mol. The first kappa shape index (κ1) is 12.6. The maximum absolute atomic E-state index is 12.6. The predicted octanol–water partition coefficient (Wildman–Crippen LogP) is 1.08. The van der Waals surface area contributed by atoms with Crippen LogP contribution in [0.5, 0.6) is 0 Å². The second-order valence-corrected chi connectivity index (χ2v) is 3.95. The molecule has 0 saturated carbocycles. The fourth-order valence-corrected chi connectivity index (χ4v) is 1.42. The van der Waals surface area contributed by atoms with E-state index in [0.29, 0.717) is 6.42 Å². The van der Waals surface area contributed by atoms with Gasteiger partial charge in [0.05, 0.1) is 6.20 Å². The van der Waals surface area contributed by atoms with Gasteiger partial charge in [0.15, 0.2) is 0 Å². The minimum absolute atomic E-state index is 0.0245. The van der Waals surface area contributed by atoms with Crippen LogP contribution in [0.15, 0.2) is 18.3 Å². The van der Waals surface area contributed by atoms with E-state index in [-0.39, 0.29) is 23.7 Å². The molecule has 1 aromatic heterocycles. The van der Waals surface area contributed by atoms with Gasteiger partial charge in [0, 0.05) is 12.1 Å². The van der Waals surface area contributed by atoms with Crippen molar-refractivity contribution in [1.82, 2.24) is 10.3 Å². The van der Waals surface area contributed by atoms with E-state index >= 15 is 0 Å². The lowest BCUT2D eigenvalue weighted by Crippen LogP contribution is -2.36. The largest absolute Gasteiger partial charge is 0.348 e. The summed E-state index contributed by atoms with van der Waals surface area (Å²) in [5.41, 5.74) is 5.82. The maximum Gasteiger partial charge on any atom is 0.270 e. The Morgan fingerprint density at radius 3 is 2.75 bits per heavy atom. The molecule has 16 heavy (non-hydrogen) atoms. The standard InChI is InChI=1S/C11H16FN3O/c1-7(13)5-8(2)15-11(16)10-4-3-9(12)6-14-10/h3-4,6-8H,5,13H2,1-2H3,(H,15,16). The number of aromatic nitrogens is 1.